The molecule has 2 rings (SSSR count). The van der Waals surface area contributed by atoms with E-state index in [1.54, 1.807) is 30.3 Å². The molecule has 0 aliphatic carbocycles. The second-order valence-corrected chi connectivity index (χ2v) is 5.49. The lowest BCUT2D eigenvalue weighted by Crippen LogP contribution is -2.07. The summed E-state index contributed by atoms with van der Waals surface area (Å²) >= 11 is 9.09. The largest absolute Gasteiger partial charge is 0.207 e. The van der Waals surface area contributed by atoms with Crippen molar-refractivity contribution in [1.82, 2.24) is 0 Å². The fourth-order valence-corrected chi connectivity index (χ4v) is 2.71. The Bertz CT molecular complexity index is 572. The van der Waals surface area contributed by atoms with Crippen LogP contribution in [-0.4, -0.2) is 5.88 Å². The van der Waals surface area contributed by atoms with Crippen LogP contribution in [0.5, 0.6) is 0 Å². The lowest BCUT2D eigenvalue weighted by Gasteiger charge is -2.15. The van der Waals surface area contributed by atoms with Gasteiger partial charge in [-0.1, -0.05) is 24.3 Å². The zero-order valence-electron chi connectivity index (χ0n) is 10.0. The van der Waals surface area contributed by atoms with Crippen molar-refractivity contribution in [2.75, 3.05) is 5.88 Å². The minimum atomic E-state index is -0.308. The third-order valence-corrected chi connectivity index (χ3v) is 3.98. The van der Waals surface area contributed by atoms with Gasteiger partial charge in [0.05, 0.1) is 4.47 Å². The van der Waals surface area contributed by atoms with E-state index in [-0.39, 0.29) is 17.6 Å². The minimum Gasteiger partial charge on any atom is -0.207 e. The molecule has 0 heterocycles. The molecule has 0 radical (unpaired) electrons. The fourth-order valence-electron chi connectivity index (χ4n) is 2.00. The maximum Gasteiger partial charge on any atom is 0.137 e. The molecule has 0 bridgehead atoms. The Morgan fingerprint density at radius 2 is 1.79 bits per heavy atom. The van der Waals surface area contributed by atoms with E-state index in [1.807, 2.05) is 0 Å². The van der Waals surface area contributed by atoms with Crippen molar-refractivity contribution in [2.24, 2.45) is 0 Å². The highest BCUT2D eigenvalue weighted by Crippen LogP contribution is 2.26. The Hall–Kier alpha value is -0.930. The van der Waals surface area contributed by atoms with Gasteiger partial charge in [-0.3, -0.25) is 0 Å². The SMILES string of the molecule is Fc1ccc(CC(CCl)c2ccccc2F)cc1Br. The monoisotopic (exact) mass is 344 g/mol. The molecular weight excluding hydrogens is 334 g/mol. The van der Waals surface area contributed by atoms with E-state index in [4.69, 9.17) is 11.6 Å². The lowest BCUT2D eigenvalue weighted by atomic mass is 9.93. The summed E-state index contributed by atoms with van der Waals surface area (Å²) in [6.07, 6.45) is 0.573. The lowest BCUT2D eigenvalue weighted by molar-refractivity contribution is 0.588. The summed E-state index contributed by atoms with van der Waals surface area (Å²) in [6, 6.07) is 11.4. The van der Waals surface area contributed by atoms with Gasteiger partial charge in [0.2, 0.25) is 0 Å². The van der Waals surface area contributed by atoms with Crippen LogP contribution in [0, 0.1) is 11.6 Å². The van der Waals surface area contributed by atoms with Crippen LogP contribution in [0.4, 0.5) is 8.78 Å². The molecule has 4 heteroatoms. The van der Waals surface area contributed by atoms with Crippen LogP contribution < -0.4 is 0 Å². The van der Waals surface area contributed by atoms with Gasteiger partial charge >= 0.3 is 0 Å². The molecule has 19 heavy (non-hydrogen) atoms. The summed E-state index contributed by atoms with van der Waals surface area (Å²) in [5.74, 6) is -0.373. The molecule has 0 saturated heterocycles. The third kappa shape index (κ3) is 3.54. The van der Waals surface area contributed by atoms with Crippen LogP contribution in [-0.2, 0) is 6.42 Å². The van der Waals surface area contributed by atoms with Crippen molar-refractivity contribution >= 4 is 27.5 Å². The van der Waals surface area contributed by atoms with Gasteiger partial charge in [0.1, 0.15) is 11.6 Å². The zero-order chi connectivity index (χ0) is 13.8. The minimum absolute atomic E-state index is 0.125. The summed E-state index contributed by atoms with van der Waals surface area (Å²) in [5.41, 5.74) is 1.51. The Balaban J connectivity index is 2.24. The predicted octanol–water partition coefficient (Wildman–Crippen LogP) is 5.29. The van der Waals surface area contributed by atoms with E-state index in [2.05, 4.69) is 15.9 Å². The van der Waals surface area contributed by atoms with Crippen molar-refractivity contribution in [3.05, 3.63) is 69.7 Å². The first-order chi connectivity index (χ1) is 9.11. The van der Waals surface area contributed by atoms with Crippen molar-refractivity contribution in [2.45, 2.75) is 12.3 Å². The molecule has 1 atom stereocenters. The van der Waals surface area contributed by atoms with E-state index in [1.165, 1.54) is 12.1 Å². The van der Waals surface area contributed by atoms with Crippen molar-refractivity contribution < 1.29 is 8.78 Å². The van der Waals surface area contributed by atoms with Crippen LogP contribution in [0.15, 0.2) is 46.9 Å². The van der Waals surface area contributed by atoms with Crippen molar-refractivity contribution in [1.29, 1.82) is 0 Å². The van der Waals surface area contributed by atoms with Gasteiger partial charge in [-0.15, -0.1) is 11.6 Å². The van der Waals surface area contributed by atoms with E-state index >= 15 is 0 Å². The smallest absolute Gasteiger partial charge is 0.137 e. The van der Waals surface area contributed by atoms with Crippen LogP contribution in [0.2, 0.25) is 0 Å². The van der Waals surface area contributed by atoms with E-state index in [0.29, 0.717) is 22.3 Å². The van der Waals surface area contributed by atoms with Gasteiger partial charge in [0, 0.05) is 11.8 Å². The molecule has 2 aromatic rings. The van der Waals surface area contributed by atoms with Crippen molar-refractivity contribution in [3.8, 4) is 0 Å². The Morgan fingerprint density at radius 3 is 2.42 bits per heavy atom. The molecule has 0 fully saturated rings. The molecular formula is C15H12BrClF2. The first kappa shape index (κ1) is 14.5. The molecule has 0 nitrogen and oxygen atoms in total. The average Bonchev–Trinajstić information content (AvgIpc) is 2.41. The molecule has 0 N–H and O–H groups in total. The normalized spacial score (nSPS) is 12.4. The summed E-state index contributed by atoms with van der Waals surface area (Å²) in [7, 11) is 0. The Morgan fingerprint density at radius 1 is 1.05 bits per heavy atom. The van der Waals surface area contributed by atoms with Gasteiger partial charge in [-0.05, 0) is 51.7 Å². The zero-order valence-corrected chi connectivity index (χ0v) is 12.4. The fraction of sp³-hybridized carbons (Fsp3) is 0.200. The summed E-state index contributed by atoms with van der Waals surface area (Å²) in [5, 5.41) is 0. The quantitative estimate of drug-likeness (QED) is 0.660. The van der Waals surface area contributed by atoms with Gasteiger partial charge < -0.3 is 0 Å². The molecule has 2 aromatic carbocycles. The molecule has 0 aliphatic heterocycles. The first-order valence-electron chi connectivity index (χ1n) is 5.86. The van der Waals surface area contributed by atoms with Gasteiger partial charge in [-0.25, -0.2) is 8.78 Å². The highest BCUT2D eigenvalue weighted by atomic mass is 79.9. The molecule has 0 spiro atoms. The summed E-state index contributed by atoms with van der Waals surface area (Å²) in [6.45, 7) is 0. The predicted molar refractivity (Wildman–Crippen MR) is 77.7 cm³/mol. The molecule has 0 aromatic heterocycles. The van der Waals surface area contributed by atoms with Gasteiger partial charge in [0.15, 0.2) is 0 Å². The highest BCUT2D eigenvalue weighted by molar-refractivity contribution is 9.10. The second-order valence-electron chi connectivity index (χ2n) is 4.33. The summed E-state index contributed by atoms with van der Waals surface area (Å²) in [4.78, 5) is 0. The van der Waals surface area contributed by atoms with Gasteiger partial charge in [0.25, 0.3) is 0 Å². The maximum atomic E-state index is 13.7. The number of alkyl halides is 1. The highest BCUT2D eigenvalue weighted by Gasteiger charge is 2.15. The molecule has 1 unspecified atom stereocenters. The van der Waals surface area contributed by atoms with E-state index in [0.717, 1.165) is 5.56 Å². The standard InChI is InChI=1S/C15H12BrClF2/c16-13-8-10(5-6-15(13)19)7-11(9-17)12-3-1-2-4-14(12)18/h1-6,8,11H,7,9H2. The first-order valence-corrected chi connectivity index (χ1v) is 7.19. The number of hydrogen-bond donors (Lipinski definition) is 0. The van der Waals surface area contributed by atoms with E-state index < -0.39 is 0 Å². The molecule has 0 amide bonds. The third-order valence-electron chi connectivity index (χ3n) is 3.00. The van der Waals surface area contributed by atoms with Gasteiger partial charge in [-0.2, -0.15) is 0 Å². The molecule has 100 valence electrons. The second kappa shape index (κ2) is 6.49. The van der Waals surface area contributed by atoms with Crippen LogP contribution in [0.25, 0.3) is 0 Å². The number of rotatable bonds is 4. The van der Waals surface area contributed by atoms with Crippen LogP contribution in [0.1, 0.15) is 17.0 Å². The Labute approximate surface area is 124 Å². The average molecular weight is 346 g/mol. The van der Waals surface area contributed by atoms with E-state index in [9.17, 15) is 8.78 Å². The molecule has 0 aliphatic rings. The summed E-state index contributed by atoms with van der Waals surface area (Å²) < 4.78 is 27.3. The van der Waals surface area contributed by atoms with Crippen LogP contribution >= 0.6 is 27.5 Å². The Kier molecular flexibility index (Phi) is 4.94. The molecule has 0 saturated carbocycles. The number of benzene rings is 2. The number of hydrogen-bond acceptors (Lipinski definition) is 0. The topological polar surface area (TPSA) is 0 Å². The van der Waals surface area contributed by atoms with Crippen molar-refractivity contribution in [3.63, 3.8) is 0 Å². The van der Waals surface area contributed by atoms with Crippen LogP contribution in [0.3, 0.4) is 0 Å². The maximum absolute atomic E-state index is 13.7. The number of halogens is 4.